The Hall–Kier alpha value is -3.45. The highest BCUT2D eigenvalue weighted by Crippen LogP contribution is 2.20. The minimum atomic E-state index is -0.373. The van der Waals surface area contributed by atoms with Crippen LogP contribution in [0.5, 0.6) is 0 Å². The standard InChI is InChI=1S/C24H22FN3O2S/c1-15-10-17-12-18(23(29)27-22(17)11-16(15)2)13-28(14-21-4-3-9-31-21)24(30)26-20-7-5-19(25)6-8-20/h3-12H,13-14H2,1-2H3,(H,26,30)(H,27,29). The monoisotopic (exact) mass is 435 g/mol. The molecule has 7 heteroatoms. The first kappa shape index (κ1) is 20.8. The van der Waals surface area contributed by atoms with Crippen molar-refractivity contribution in [1.82, 2.24) is 9.88 Å². The summed E-state index contributed by atoms with van der Waals surface area (Å²) < 4.78 is 13.2. The summed E-state index contributed by atoms with van der Waals surface area (Å²) in [6.07, 6.45) is 0. The van der Waals surface area contributed by atoms with Gasteiger partial charge in [-0.3, -0.25) is 4.79 Å². The lowest BCUT2D eigenvalue weighted by Gasteiger charge is -2.22. The van der Waals surface area contributed by atoms with Crippen LogP contribution in [0.15, 0.2) is 64.8 Å². The number of amides is 2. The molecule has 0 aliphatic heterocycles. The van der Waals surface area contributed by atoms with Crippen LogP contribution in [0.2, 0.25) is 0 Å². The van der Waals surface area contributed by atoms with Crippen molar-refractivity contribution in [2.45, 2.75) is 26.9 Å². The summed E-state index contributed by atoms with van der Waals surface area (Å²) in [6, 6.07) is 14.9. The smallest absolute Gasteiger partial charge is 0.322 e. The van der Waals surface area contributed by atoms with Gasteiger partial charge in [0.1, 0.15) is 5.82 Å². The Labute approximate surface area is 183 Å². The minimum Gasteiger partial charge on any atom is -0.322 e. The molecule has 0 saturated carbocycles. The summed E-state index contributed by atoms with van der Waals surface area (Å²) in [4.78, 5) is 31.3. The van der Waals surface area contributed by atoms with Crippen LogP contribution < -0.4 is 10.9 Å². The van der Waals surface area contributed by atoms with E-state index >= 15 is 0 Å². The Morgan fingerprint density at radius 3 is 2.52 bits per heavy atom. The molecule has 31 heavy (non-hydrogen) atoms. The van der Waals surface area contributed by atoms with E-state index in [9.17, 15) is 14.0 Å². The molecule has 2 amide bonds. The molecule has 0 saturated heterocycles. The highest BCUT2D eigenvalue weighted by Gasteiger charge is 2.18. The average molecular weight is 436 g/mol. The van der Waals surface area contributed by atoms with Crippen molar-refractivity contribution in [3.05, 3.63) is 97.7 Å². The molecule has 158 valence electrons. The first-order valence-corrected chi connectivity index (χ1v) is 10.7. The number of halogens is 1. The molecule has 0 aliphatic rings. The third-order valence-electron chi connectivity index (χ3n) is 5.21. The number of pyridine rings is 1. The number of hydrogen-bond donors (Lipinski definition) is 2. The Morgan fingerprint density at radius 1 is 1.06 bits per heavy atom. The molecule has 0 fully saturated rings. The SMILES string of the molecule is Cc1cc2cc(CN(Cc3cccs3)C(=O)Nc3ccc(F)cc3)c(=O)[nH]c2cc1C. The van der Waals surface area contributed by atoms with Gasteiger partial charge in [-0.05, 0) is 84.3 Å². The highest BCUT2D eigenvalue weighted by molar-refractivity contribution is 7.09. The van der Waals surface area contributed by atoms with Crippen molar-refractivity contribution in [2.24, 2.45) is 0 Å². The molecule has 2 aromatic heterocycles. The number of nitrogens with zero attached hydrogens (tertiary/aromatic N) is 1. The molecule has 2 heterocycles. The number of anilines is 1. The first-order chi connectivity index (χ1) is 14.9. The predicted octanol–water partition coefficient (Wildman–Crippen LogP) is 5.58. The van der Waals surface area contributed by atoms with Gasteiger partial charge in [-0.2, -0.15) is 0 Å². The third-order valence-corrected chi connectivity index (χ3v) is 6.07. The normalized spacial score (nSPS) is 10.9. The number of hydrogen-bond acceptors (Lipinski definition) is 3. The zero-order valence-corrected chi connectivity index (χ0v) is 18.1. The molecule has 0 aliphatic carbocycles. The Kier molecular flexibility index (Phi) is 5.86. The van der Waals surface area contributed by atoms with Crippen LogP contribution >= 0.6 is 11.3 Å². The average Bonchev–Trinajstić information content (AvgIpc) is 3.24. The van der Waals surface area contributed by atoms with Crippen LogP contribution in [-0.4, -0.2) is 15.9 Å². The Balaban J connectivity index is 1.64. The van der Waals surface area contributed by atoms with Crippen molar-refractivity contribution < 1.29 is 9.18 Å². The largest absolute Gasteiger partial charge is 0.322 e. The number of benzene rings is 2. The first-order valence-electron chi connectivity index (χ1n) is 9.86. The number of urea groups is 1. The third kappa shape index (κ3) is 4.83. The van der Waals surface area contributed by atoms with E-state index in [0.717, 1.165) is 26.9 Å². The minimum absolute atomic E-state index is 0.142. The van der Waals surface area contributed by atoms with Crippen molar-refractivity contribution in [2.75, 3.05) is 5.32 Å². The highest BCUT2D eigenvalue weighted by atomic mass is 32.1. The lowest BCUT2D eigenvalue weighted by atomic mass is 10.0. The van der Waals surface area contributed by atoms with E-state index in [1.54, 1.807) is 16.2 Å². The van der Waals surface area contributed by atoms with Gasteiger partial charge >= 0.3 is 6.03 Å². The zero-order chi connectivity index (χ0) is 22.0. The number of nitrogens with one attached hydrogen (secondary N) is 2. The van der Waals surface area contributed by atoms with E-state index in [-0.39, 0.29) is 24.0 Å². The quantitative estimate of drug-likeness (QED) is 0.430. The van der Waals surface area contributed by atoms with Gasteiger partial charge in [0.05, 0.1) is 13.1 Å². The number of aromatic nitrogens is 1. The van der Waals surface area contributed by atoms with Crippen LogP contribution in [0.25, 0.3) is 10.9 Å². The van der Waals surface area contributed by atoms with Crippen molar-refractivity contribution in [3.63, 3.8) is 0 Å². The number of carbonyl (C=O) groups excluding carboxylic acids is 1. The maximum atomic E-state index is 13.2. The summed E-state index contributed by atoms with van der Waals surface area (Å²) in [5.74, 6) is -0.373. The molecule has 4 aromatic rings. The second kappa shape index (κ2) is 8.73. The lowest BCUT2D eigenvalue weighted by Crippen LogP contribution is -2.35. The summed E-state index contributed by atoms with van der Waals surface area (Å²) in [6.45, 7) is 4.53. The summed E-state index contributed by atoms with van der Waals surface area (Å²) in [5.41, 5.74) is 3.78. The van der Waals surface area contributed by atoms with E-state index in [1.807, 2.05) is 49.6 Å². The number of fused-ring (bicyclic) bond motifs is 1. The maximum absolute atomic E-state index is 13.2. The fraction of sp³-hybridized carbons (Fsp3) is 0.167. The number of aryl methyl sites for hydroxylation is 2. The lowest BCUT2D eigenvalue weighted by molar-refractivity contribution is 0.207. The summed E-state index contributed by atoms with van der Waals surface area (Å²) in [5, 5.41) is 5.66. The maximum Gasteiger partial charge on any atom is 0.322 e. The van der Waals surface area contributed by atoms with Crippen LogP contribution in [0.4, 0.5) is 14.9 Å². The van der Waals surface area contributed by atoms with Crippen molar-refractivity contribution in [1.29, 1.82) is 0 Å². The molecule has 0 atom stereocenters. The van der Waals surface area contributed by atoms with Crippen molar-refractivity contribution >= 4 is 34.0 Å². The molecule has 0 bridgehead atoms. The molecule has 0 unspecified atom stereocenters. The van der Waals surface area contributed by atoms with E-state index < -0.39 is 0 Å². The number of rotatable bonds is 5. The van der Waals surface area contributed by atoms with Gasteiger partial charge in [0.15, 0.2) is 0 Å². The van der Waals surface area contributed by atoms with Crippen LogP contribution in [0.1, 0.15) is 21.6 Å². The zero-order valence-electron chi connectivity index (χ0n) is 17.2. The number of carbonyl (C=O) groups is 1. The van der Waals surface area contributed by atoms with Crippen LogP contribution in [0, 0.1) is 19.7 Å². The molecule has 0 spiro atoms. The van der Waals surface area contributed by atoms with Crippen molar-refractivity contribution in [3.8, 4) is 0 Å². The van der Waals surface area contributed by atoms with E-state index in [4.69, 9.17) is 0 Å². The summed E-state index contributed by atoms with van der Waals surface area (Å²) in [7, 11) is 0. The van der Waals surface area contributed by atoms with Gasteiger partial charge in [-0.1, -0.05) is 6.07 Å². The molecule has 5 nitrogen and oxygen atoms in total. The topological polar surface area (TPSA) is 65.2 Å². The van der Waals surface area contributed by atoms with E-state index in [0.29, 0.717) is 17.8 Å². The molecule has 2 aromatic carbocycles. The number of aromatic amines is 1. The molecular formula is C24H22FN3O2S. The van der Waals surface area contributed by atoms with Gasteiger partial charge < -0.3 is 15.2 Å². The fourth-order valence-electron chi connectivity index (χ4n) is 3.37. The number of H-pyrrole nitrogens is 1. The second-order valence-electron chi connectivity index (χ2n) is 7.52. The molecule has 0 radical (unpaired) electrons. The Morgan fingerprint density at radius 2 is 1.81 bits per heavy atom. The predicted molar refractivity (Wildman–Crippen MR) is 123 cm³/mol. The van der Waals surface area contributed by atoms with Crippen LogP contribution in [-0.2, 0) is 13.1 Å². The van der Waals surface area contributed by atoms with Gasteiger partial charge in [0.2, 0.25) is 0 Å². The Bertz CT molecular complexity index is 1280. The summed E-state index contributed by atoms with van der Waals surface area (Å²) >= 11 is 1.54. The second-order valence-corrected chi connectivity index (χ2v) is 8.55. The van der Waals surface area contributed by atoms with Gasteiger partial charge in [0, 0.05) is 21.6 Å². The van der Waals surface area contributed by atoms with Gasteiger partial charge in [-0.25, -0.2) is 9.18 Å². The van der Waals surface area contributed by atoms with E-state index in [1.165, 1.54) is 24.3 Å². The van der Waals surface area contributed by atoms with Crippen LogP contribution in [0.3, 0.4) is 0 Å². The van der Waals surface area contributed by atoms with E-state index in [2.05, 4.69) is 10.3 Å². The molecule has 2 N–H and O–H groups in total. The molecule has 4 rings (SSSR count). The van der Waals surface area contributed by atoms with Gasteiger partial charge in [-0.15, -0.1) is 11.3 Å². The van der Waals surface area contributed by atoms with Gasteiger partial charge in [0.25, 0.3) is 5.56 Å². The molecular weight excluding hydrogens is 413 g/mol. The fourth-order valence-corrected chi connectivity index (χ4v) is 4.09. The number of thiophene rings is 1.